The number of anilines is 1. The number of rotatable bonds is 6. The van der Waals surface area contributed by atoms with Crippen LogP contribution in [-0.4, -0.2) is 44.4 Å². The lowest BCUT2D eigenvalue weighted by molar-refractivity contribution is 0.572. The van der Waals surface area contributed by atoms with E-state index < -0.39 is 19.9 Å². The first-order valence-electron chi connectivity index (χ1n) is 5.16. The summed E-state index contributed by atoms with van der Waals surface area (Å²) >= 11 is 0. The maximum Gasteiger partial charge on any atom is 0.260 e. The van der Waals surface area contributed by atoms with Gasteiger partial charge in [-0.1, -0.05) is 6.92 Å². The minimum atomic E-state index is -3.85. The molecular formula is C8H16N4O4S2. The second-order valence-corrected chi connectivity index (χ2v) is 7.83. The summed E-state index contributed by atoms with van der Waals surface area (Å²) in [5.41, 5.74) is 5.44. The average Bonchev–Trinajstić information content (AvgIpc) is 2.58. The van der Waals surface area contributed by atoms with Crippen LogP contribution >= 0.6 is 0 Å². The van der Waals surface area contributed by atoms with Crippen molar-refractivity contribution in [1.29, 1.82) is 0 Å². The Labute approximate surface area is 106 Å². The molecule has 0 atom stereocenters. The topological polar surface area (TPSA) is 124 Å². The van der Waals surface area contributed by atoms with E-state index in [2.05, 4.69) is 9.71 Å². The molecule has 0 unspecified atom stereocenters. The molecule has 0 amide bonds. The minimum Gasteiger partial charge on any atom is -0.381 e. The van der Waals surface area contributed by atoms with Gasteiger partial charge in [-0.2, -0.15) is 0 Å². The van der Waals surface area contributed by atoms with E-state index in [1.165, 1.54) is 24.9 Å². The van der Waals surface area contributed by atoms with Gasteiger partial charge in [0.2, 0.25) is 0 Å². The van der Waals surface area contributed by atoms with Gasteiger partial charge in [0.25, 0.3) is 10.0 Å². The van der Waals surface area contributed by atoms with Crippen molar-refractivity contribution in [3.63, 3.8) is 0 Å². The van der Waals surface area contributed by atoms with Crippen LogP contribution in [0.1, 0.15) is 6.92 Å². The Morgan fingerprint density at radius 3 is 2.44 bits per heavy atom. The minimum absolute atomic E-state index is 0.0252. The van der Waals surface area contributed by atoms with Crippen LogP contribution in [0.25, 0.3) is 0 Å². The molecule has 8 nitrogen and oxygen atoms in total. The van der Waals surface area contributed by atoms with E-state index in [-0.39, 0.29) is 28.9 Å². The zero-order valence-corrected chi connectivity index (χ0v) is 11.8. The van der Waals surface area contributed by atoms with Crippen molar-refractivity contribution in [2.24, 2.45) is 7.05 Å². The third kappa shape index (κ3) is 3.43. The predicted molar refractivity (Wildman–Crippen MR) is 67.1 cm³/mol. The second kappa shape index (κ2) is 5.24. The monoisotopic (exact) mass is 296 g/mol. The first-order valence-corrected chi connectivity index (χ1v) is 8.47. The van der Waals surface area contributed by atoms with E-state index >= 15 is 0 Å². The van der Waals surface area contributed by atoms with Crippen LogP contribution in [0.5, 0.6) is 0 Å². The molecule has 104 valence electrons. The van der Waals surface area contributed by atoms with E-state index in [0.29, 0.717) is 0 Å². The molecular weight excluding hydrogens is 280 g/mol. The zero-order chi connectivity index (χ0) is 14.0. The van der Waals surface area contributed by atoms with E-state index in [4.69, 9.17) is 5.73 Å². The molecule has 10 heteroatoms. The summed E-state index contributed by atoms with van der Waals surface area (Å²) in [5.74, 6) is -0.397. The number of nitrogens with two attached hydrogens (primary N) is 1. The van der Waals surface area contributed by atoms with E-state index in [1.807, 2.05) is 0 Å². The molecule has 1 aromatic heterocycles. The predicted octanol–water partition coefficient (Wildman–Crippen LogP) is -1.28. The fraction of sp³-hybridized carbons (Fsp3) is 0.625. The first kappa shape index (κ1) is 14.9. The number of nitrogen functional groups attached to an aromatic ring is 1. The number of sulfonamides is 1. The van der Waals surface area contributed by atoms with Crippen LogP contribution in [0, 0.1) is 0 Å². The van der Waals surface area contributed by atoms with Gasteiger partial charge in [0.05, 0.1) is 12.1 Å². The molecule has 1 heterocycles. The summed E-state index contributed by atoms with van der Waals surface area (Å²) in [6.07, 6.45) is 1.27. The van der Waals surface area contributed by atoms with Gasteiger partial charge in [-0.15, -0.1) is 0 Å². The Morgan fingerprint density at radius 2 is 2.00 bits per heavy atom. The van der Waals surface area contributed by atoms with Gasteiger partial charge >= 0.3 is 0 Å². The Balaban J connectivity index is 2.79. The molecule has 0 aliphatic heterocycles. The largest absolute Gasteiger partial charge is 0.381 e. The Bertz CT molecular complexity index is 598. The van der Waals surface area contributed by atoms with E-state index in [0.717, 1.165) is 0 Å². The Hall–Kier alpha value is -1.13. The number of sulfone groups is 1. The molecule has 0 fully saturated rings. The van der Waals surface area contributed by atoms with Crippen LogP contribution in [0.3, 0.4) is 0 Å². The van der Waals surface area contributed by atoms with Crippen molar-refractivity contribution in [2.75, 3.05) is 23.8 Å². The summed E-state index contributed by atoms with van der Waals surface area (Å²) in [5, 5.41) is -0.170. The molecule has 0 aliphatic rings. The maximum absolute atomic E-state index is 11.9. The lowest BCUT2D eigenvalue weighted by Gasteiger charge is -2.07. The summed E-state index contributed by atoms with van der Waals surface area (Å²) in [7, 11) is -5.57. The van der Waals surface area contributed by atoms with Crippen molar-refractivity contribution in [3.05, 3.63) is 6.33 Å². The van der Waals surface area contributed by atoms with Gasteiger partial charge in [0, 0.05) is 19.3 Å². The Kier molecular flexibility index (Phi) is 4.35. The van der Waals surface area contributed by atoms with Gasteiger partial charge in [-0.05, 0) is 0 Å². The van der Waals surface area contributed by atoms with Gasteiger partial charge in [0.1, 0.15) is 0 Å². The molecule has 0 bridgehead atoms. The number of nitrogens with one attached hydrogen (secondary N) is 1. The normalized spacial score (nSPS) is 12.8. The fourth-order valence-corrected chi connectivity index (χ4v) is 3.40. The molecule has 1 rings (SSSR count). The zero-order valence-electron chi connectivity index (χ0n) is 10.1. The number of aryl methyl sites for hydroxylation is 1. The van der Waals surface area contributed by atoms with Crippen molar-refractivity contribution in [3.8, 4) is 0 Å². The van der Waals surface area contributed by atoms with Crippen molar-refractivity contribution in [2.45, 2.75) is 11.9 Å². The SMILES string of the molecule is CCS(=O)(=O)CCNS(=O)(=O)c1c(N)ncn1C. The third-order valence-electron chi connectivity index (χ3n) is 2.31. The molecule has 18 heavy (non-hydrogen) atoms. The van der Waals surface area contributed by atoms with Crippen LogP contribution in [-0.2, 0) is 26.9 Å². The van der Waals surface area contributed by atoms with Gasteiger partial charge in [0.15, 0.2) is 20.7 Å². The number of hydrogen-bond acceptors (Lipinski definition) is 6. The lowest BCUT2D eigenvalue weighted by Crippen LogP contribution is -2.31. The van der Waals surface area contributed by atoms with Crippen LogP contribution in [0.15, 0.2) is 11.4 Å². The van der Waals surface area contributed by atoms with Gasteiger partial charge in [-0.25, -0.2) is 26.5 Å². The molecule has 0 spiro atoms. The van der Waals surface area contributed by atoms with Crippen molar-refractivity contribution < 1.29 is 16.8 Å². The fourth-order valence-electron chi connectivity index (χ4n) is 1.31. The quantitative estimate of drug-likeness (QED) is 0.673. The molecule has 3 N–H and O–H groups in total. The molecule has 0 saturated carbocycles. The van der Waals surface area contributed by atoms with Gasteiger partial charge in [-0.3, -0.25) is 0 Å². The maximum atomic E-state index is 11.9. The lowest BCUT2D eigenvalue weighted by atomic mass is 10.8. The van der Waals surface area contributed by atoms with Gasteiger partial charge < -0.3 is 10.3 Å². The van der Waals surface area contributed by atoms with Crippen LogP contribution < -0.4 is 10.5 Å². The Morgan fingerprint density at radius 1 is 1.39 bits per heavy atom. The van der Waals surface area contributed by atoms with Crippen molar-refractivity contribution >= 4 is 25.7 Å². The summed E-state index contributed by atoms with van der Waals surface area (Å²) < 4.78 is 49.6. The number of aromatic nitrogens is 2. The summed E-state index contributed by atoms with van der Waals surface area (Å²) in [6.45, 7) is 1.31. The molecule has 0 saturated heterocycles. The van der Waals surface area contributed by atoms with Crippen LogP contribution in [0.2, 0.25) is 0 Å². The van der Waals surface area contributed by atoms with E-state index in [9.17, 15) is 16.8 Å². The highest BCUT2D eigenvalue weighted by atomic mass is 32.2. The first-order chi connectivity index (χ1) is 8.19. The number of hydrogen-bond donors (Lipinski definition) is 2. The average molecular weight is 296 g/mol. The smallest absolute Gasteiger partial charge is 0.260 e. The summed E-state index contributed by atoms with van der Waals surface area (Å²) in [6, 6.07) is 0. The third-order valence-corrected chi connectivity index (χ3v) is 5.61. The highest BCUT2D eigenvalue weighted by molar-refractivity contribution is 7.91. The second-order valence-electron chi connectivity index (χ2n) is 3.68. The highest BCUT2D eigenvalue weighted by Gasteiger charge is 2.22. The highest BCUT2D eigenvalue weighted by Crippen LogP contribution is 2.14. The summed E-state index contributed by atoms with van der Waals surface area (Å²) in [4.78, 5) is 3.66. The van der Waals surface area contributed by atoms with E-state index in [1.54, 1.807) is 0 Å². The van der Waals surface area contributed by atoms with Crippen LogP contribution in [0.4, 0.5) is 5.82 Å². The molecule has 0 aliphatic carbocycles. The standard InChI is InChI=1S/C8H16N4O4S2/c1-3-17(13,14)5-4-11-18(15,16)8-7(9)10-6-12(8)2/h6,11H,3-5,9H2,1-2H3. The molecule has 1 aromatic rings. The number of imidazole rings is 1. The molecule has 0 aromatic carbocycles. The van der Waals surface area contributed by atoms with Crippen molar-refractivity contribution in [1.82, 2.24) is 14.3 Å². The number of nitrogens with zero attached hydrogens (tertiary/aromatic N) is 2. The molecule has 0 radical (unpaired) electrons.